The van der Waals surface area contributed by atoms with Crippen molar-refractivity contribution < 1.29 is 0 Å². The van der Waals surface area contributed by atoms with Gasteiger partial charge in [0, 0.05) is 11.1 Å². The number of benzene rings is 1. The predicted octanol–water partition coefficient (Wildman–Crippen LogP) is 4.22. The van der Waals surface area contributed by atoms with Crippen molar-refractivity contribution in [2.24, 2.45) is 5.41 Å². The van der Waals surface area contributed by atoms with E-state index in [0.29, 0.717) is 6.04 Å². The van der Waals surface area contributed by atoms with Crippen molar-refractivity contribution in [2.45, 2.75) is 46.6 Å². The first-order valence-corrected chi connectivity index (χ1v) is 6.70. The van der Waals surface area contributed by atoms with Crippen molar-refractivity contribution in [3.8, 4) is 0 Å². The number of hydrogen-bond donors (Lipinski definition) is 1. The molecule has 1 N–H and O–H groups in total. The summed E-state index contributed by atoms with van der Waals surface area (Å²) in [7, 11) is 2.03. The number of nitrogens with one attached hydrogen (secondary N) is 1. The fourth-order valence-electron chi connectivity index (χ4n) is 2.05. The zero-order valence-electron chi connectivity index (χ0n) is 11.6. The summed E-state index contributed by atoms with van der Waals surface area (Å²) in [6.45, 7) is 8.91. The lowest BCUT2D eigenvalue weighted by atomic mass is 9.79. The van der Waals surface area contributed by atoms with Crippen LogP contribution >= 0.6 is 11.6 Å². The highest BCUT2D eigenvalue weighted by atomic mass is 35.5. The molecule has 0 amide bonds. The van der Waals surface area contributed by atoms with E-state index in [9.17, 15) is 0 Å². The molecule has 0 heterocycles. The third-order valence-corrected chi connectivity index (χ3v) is 4.19. The van der Waals surface area contributed by atoms with Gasteiger partial charge in [-0.1, -0.05) is 44.5 Å². The van der Waals surface area contributed by atoms with E-state index in [1.54, 1.807) is 0 Å². The van der Waals surface area contributed by atoms with Gasteiger partial charge in [-0.3, -0.25) is 0 Å². The van der Waals surface area contributed by atoms with Crippen LogP contribution in [0.2, 0.25) is 5.02 Å². The van der Waals surface area contributed by atoms with Crippen LogP contribution in [0, 0.1) is 12.3 Å². The maximum atomic E-state index is 6.30. The van der Waals surface area contributed by atoms with E-state index in [4.69, 9.17) is 11.6 Å². The first-order valence-electron chi connectivity index (χ1n) is 6.33. The Morgan fingerprint density at radius 2 is 2.00 bits per heavy atom. The normalized spacial score (nSPS) is 13.8. The lowest BCUT2D eigenvalue weighted by molar-refractivity contribution is 0.240. The van der Waals surface area contributed by atoms with Crippen molar-refractivity contribution >= 4 is 11.6 Å². The van der Waals surface area contributed by atoms with E-state index in [2.05, 4.69) is 45.1 Å². The maximum absolute atomic E-state index is 6.30. The van der Waals surface area contributed by atoms with Crippen molar-refractivity contribution in [3.05, 3.63) is 34.3 Å². The minimum Gasteiger partial charge on any atom is -0.316 e. The second kappa shape index (κ2) is 5.88. The molecule has 0 saturated carbocycles. The Morgan fingerprint density at radius 3 is 2.47 bits per heavy atom. The standard InChI is InChI=1S/C15H24ClN/c1-6-15(3,4)14(17-5)10-12-8-7-11(2)9-13(12)16/h7-9,14,17H,6,10H2,1-5H3. The maximum Gasteiger partial charge on any atom is 0.0441 e. The summed E-state index contributed by atoms with van der Waals surface area (Å²) >= 11 is 6.30. The van der Waals surface area contributed by atoms with Crippen LogP contribution in [0.5, 0.6) is 0 Å². The Labute approximate surface area is 111 Å². The molecule has 17 heavy (non-hydrogen) atoms. The first kappa shape index (κ1) is 14.5. The molecule has 1 nitrogen and oxygen atoms in total. The molecule has 1 rings (SSSR count). The van der Waals surface area contributed by atoms with Gasteiger partial charge < -0.3 is 5.32 Å². The van der Waals surface area contributed by atoms with Crippen LogP contribution in [-0.2, 0) is 6.42 Å². The molecule has 0 spiro atoms. The fraction of sp³-hybridized carbons (Fsp3) is 0.600. The van der Waals surface area contributed by atoms with Crippen molar-refractivity contribution in [1.29, 1.82) is 0 Å². The van der Waals surface area contributed by atoms with Crippen LogP contribution in [0.4, 0.5) is 0 Å². The molecule has 0 fully saturated rings. The summed E-state index contributed by atoms with van der Waals surface area (Å²) in [6.07, 6.45) is 2.14. The largest absolute Gasteiger partial charge is 0.316 e. The van der Waals surface area contributed by atoms with Gasteiger partial charge in [0.1, 0.15) is 0 Å². The highest BCUT2D eigenvalue weighted by Crippen LogP contribution is 2.29. The molecular formula is C15H24ClN. The molecule has 2 heteroatoms. The van der Waals surface area contributed by atoms with Gasteiger partial charge in [0.25, 0.3) is 0 Å². The summed E-state index contributed by atoms with van der Waals surface area (Å²) in [5, 5.41) is 4.31. The Kier molecular flexibility index (Phi) is 5.03. The third-order valence-electron chi connectivity index (χ3n) is 3.84. The number of aryl methyl sites for hydroxylation is 1. The molecule has 0 aliphatic rings. The van der Waals surface area contributed by atoms with Crippen LogP contribution in [-0.4, -0.2) is 13.1 Å². The summed E-state index contributed by atoms with van der Waals surface area (Å²) < 4.78 is 0. The molecule has 1 unspecified atom stereocenters. The first-order chi connectivity index (χ1) is 7.90. The van der Waals surface area contributed by atoms with Crippen LogP contribution in [0.1, 0.15) is 38.3 Å². The van der Waals surface area contributed by atoms with Gasteiger partial charge in [0.15, 0.2) is 0 Å². The molecule has 0 aliphatic carbocycles. The molecular weight excluding hydrogens is 230 g/mol. The highest BCUT2D eigenvalue weighted by Gasteiger charge is 2.26. The average molecular weight is 254 g/mol. The molecule has 0 aliphatic heterocycles. The van der Waals surface area contributed by atoms with Gasteiger partial charge in [0.05, 0.1) is 0 Å². The van der Waals surface area contributed by atoms with Gasteiger partial charge in [-0.2, -0.15) is 0 Å². The number of rotatable bonds is 5. The average Bonchev–Trinajstić information content (AvgIpc) is 2.27. The van der Waals surface area contributed by atoms with Gasteiger partial charge >= 0.3 is 0 Å². The van der Waals surface area contributed by atoms with Crippen LogP contribution in [0.3, 0.4) is 0 Å². The van der Waals surface area contributed by atoms with E-state index in [0.717, 1.165) is 17.9 Å². The zero-order chi connectivity index (χ0) is 13.1. The van der Waals surface area contributed by atoms with E-state index in [-0.39, 0.29) is 5.41 Å². The van der Waals surface area contributed by atoms with E-state index < -0.39 is 0 Å². The van der Waals surface area contributed by atoms with Gasteiger partial charge in [-0.15, -0.1) is 0 Å². The number of hydrogen-bond acceptors (Lipinski definition) is 1. The number of likely N-dealkylation sites (N-methyl/N-ethyl adjacent to an activating group) is 1. The van der Waals surface area contributed by atoms with E-state index >= 15 is 0 Å². The van der Waals surface area contributed by atoms with Gasteiger partial charge in [0.2, 0.25) is 0 Å². The highest BCUT2D eigenvalue weighted by molar-refractivity contribution is 6.31. The molecule has 0 aromatic heterocycles. The lowest BCUT2D eigenvalue weighted by Crippen LogP contribution is -2.41. The summed E-state index contributed by atoms with van der Waals surface area (Å²) in [5.41, 5.74) is 2.73. The minimum atomic E-state index is 0.281. The predicted molar refractivity (Wildman–Crippen MR) is 76.8 cm³/mol. The Hall–Kier alpha value is -0.530. The second-order valence-electron chi connectivity index (χ2n) is 5.48. The quantitative estimate of drug-likeness (QED) is 0.829. The summed E-state index contributed by atoms with van der Waals surface area (Å²) in [5.74, 6) is 0. The van der Waals surface area contributed by atoms with Crippen molar-refractivity contribution in [2.75, 3.05) is 7.05 Å². The fourth-order valence-corrected chi connectivity index (χ4v) is 2.37. The Bertz CT molecular complexity index is 371. The molecule has 0 bridgehead atoms. The van der Waals surface area contributed by atoms with Crippen LogP contribution in [0.15, 0.2) is 18.2 Å². The topological polar surface area (TPSA) is 12.0 Å². The molecule has 1 aromatic rings. The lowest BCUT2D eigenvalue weighted by Gasteiger charge is -2.33. The van der Waals surface area contributed by atoms with Gasteiger partial charge in [-0.25, -0.2) is 0 Å². The smallest absolute Gasteiger partial charge is 0.0441 e. The van der Waals surface area contributed by atoms with Gasteiger partial charge in [-0.05, 0) is 49.4 Å². The van der Waals surface area contributed by atoms with E-state index in [1.165, 1.54) is 11.1 Å². The monoisotopic (exact) mass is 253 g/mol. The summed E-state index contributed by atoms with van der Waals surface area (Å²) in [4.78, 5) is 0. The van der Waals surface area contributed by atoms with E-state index in [1.807, 2.05) is 13.1 Å². The molecule has 0 saturated heterocycles. The Balaban J connectivity index is 2.88. The number of halogens is 1. The molecule has 96 valence electrons. The van der Waals surface area contributed by atoms with Crippen molar-refractivity contribution in [1.82, 2.24) is 5.32 Å². The zero-order valence-corrected chi connectivity index (χ0v) is 12.4. The molecule has 1 aromatic carbocycles. The Morgan fingerprint density at radius 1 is 1.35 bits per heavy atom. The summed E-state index contributed by atoms with van der Waals surface area (Å²) in [6, 6.07) is 6.77. The molecule has 1 atom stereocenters. The second-order valence-corrected chi connectivity index (χ2v) is 5.89. The minimum absolute atomic E-state index is 0.281. The molecule has 0 radical (unpaired) electrons. The van der Waals surface area contributed by atoms with Crippen molar-refractivity contribution in [3.63, 3.8) is 0 Å². The van der Waals surface area contributed by atoms with Crippen LogP contribution < -0.4 is 5.32 Å². The van der Waals surface area contributed by atoms with Crippen LogP contribution in [0.25, 0.3) is 0 Å². The third kappa shape index (κ3) is 3.72. The SMILES string of the molecule is CCC(C)(C)C(Cc1ccc(C)cc1Cl)NC.